The number of nitrogens with zero attached hydrogens (tertiary/aromatic N) is 3. The summed E-state index contributed by atoms with van der Waals surface area (Å²) in [7, 11) is 1.54. The number of allylic oxidation sites excluding steroid dienone is 1. The molecule has 0 bridgehead atoms. The molecule has 0 spiro atoms. The molecule has 2 aromatic heterocycles. The van der Waals surface area contributed by atoms with Crippen LogP contribution in [0.5, 0.6) is 5.75 Å². The molecule has 0 radical (unpaired) electrons. The van der Waals surface area contributed by atoms with Gasteiger partial charge < -0.3 is 20.5 Å². The Hall–Kier alpha value is -3.35. The molecule has 0 fully saturated rings. The molecule has 36 heavy (non-hydrogen) atoms. The van der Waals surface area contributed by atoms with Crippen LogP contribution in [0.15, 0.2) is 36.0 Å². The first-order valence-corrected chi connectivity index (χ1v) is 12.8. The number of methoxy groups -OCH3 is 1. The zero-order valence-electron chi connectivity index (χ0n) is 19.8. The highest BCUT2D eigenvalue weighted by Gasteiger charge is 2.26. The summed E-state index contributed by atoms with van der Waals surface area (Å²) in [4.78, 5) is 37.2. The Bertz CT molecular complexity index is 1320. The summed E-state index contributed by atoms with van der Waals surface area (Å²) in [6.07, 6.45) is 1.68. The third-order valence-corrected chi connectivity index (χ3v) is 7.29. The minimum atomic E-state index is -0.695. The van der Waals surface area contributed by atoms with Gasteiger partial charge in [0.15, 0.2) is 11.0 Å². The van der Waals surface area contributed by atoms with E-state index in [-0.39, 0.29) is 27.8 Å². The molecule has 3 aromatic rings. The maximum Gasteiger partial charge on any atom is 0.341 e. The zero-order valence-corrected chi connectivity index (χ0v) is 22.2. The van der Waals surface area contributed by atoms with E-state index < -0.39 is 17.8 Å². The van der Waals surface area contributed by atoms with Crippen LogP contribution in [-0.4, -0.2) is 52.0 Å². The molecule has 0 saturated carbocycles. The first-order chi connectivity index (χ1) is 17.2. The summed E-state index contributed by atoms with van der Waals surface area (Å²) in [6.45, 7) is 7.55. The van der Waals surface area contributed by atoms with Crippen molar-refractivity contribution in [3.63, 3.8) is 0 Å². The Morgan fingerprint density at radius 1 is 1.33 bits per heavy atom. The van der Waals surface area contributed by atoms with E-state index in [1.807, 2.05) is 0 Å². The van der Waals surface area contributed by atoms with Gasteiger partial charge in [0.25, 0.3) is 5.91 Å². The van der Waals surface area contributed by atoms with Crippen molar-refractivity contribution in [3.8, 4) is 17.1 Å². The van der Waals surface area contributed by atoms with Crippen LogP contribution in [0.1, 0.15) is 32.5 Å². The molecule has 1 aromatic carbocycles. The fourth-order valence-electron chi connectivity index (χ4n) is 3.32. The lowest BCUT2D eigenvalue weighted by Crippen LogP contribution is -2.17. The van der Waals surface area contributed by atoms with Gasteiger partial charge >= 0.3 is 5.97 Å². The Labute approximate surface area is 220 Å². The summed E-state index contributed by atoms with van der Waals surface area (Å²) in [5.74, 6) is -0.740. The second kappa shape index (κ2) is 12.1. The van der Waals surface area contributed by atoms with Crippen LogP contribution in [0.3, 0.4) is 0 Å². The van der Waals surface area contributed by atoms with Crippen LogP contribution >= 0.6 is 34.7 Å². The number of carbonyl (C=O) groups is 3. The smallest absolute Gasteiger partial charge is 0.341 e. The molecular formula is C23H24ClN5O5S2. The standard InChI is InChI=1S/C23H24ClN5O5S2/c1-5-9-29-20(14-10-13(24)7-8-15(14)33-4)27-28-23(29)35-11-16(30)26-21-17(22(32)34-6-2)12(3)18(36-21)19(25)31/h5,7-8,10H,1,6,9,11H2,2-4H3,(H2,25,31)(H,26,30). The van der Waals surface area contributed by atoms with Gasteiger partial charge in [-0.15, -0.1) is 28.1 Å². The number of hydrogen-bond acceptors (Lipinski definition) is 9. The second-order valence-electron chi connectivity index (χ2n) is 7.23. The number of thiophene rings is 1. The average Bonchev–Trinajstić information content (AvgIpc) is 3.38. The van der Waals surface area contributed by atoms with Crippen molar-refractivity contribution < 1.29 is 23.9 Å². The van der Waals surface area contributed by atoms with Gasteiger partial charge in [-0.3, -0.25) is 14.2 Å². The van der Waals surface area contributed by atoms with E-state index in [2.05, 4.69) is 22.1 Å². The maximum atomic E-state index is 12.8. The van der Waals surface area contributed by atoms with Crippen LogP contribution in [-0.2, 0) is 16.1 Å². The topological polar surface area (TPSA) is 138 Å². The summed E-state index contributed by atoms with van der Waals surface area (Å²) in [5, 5.41) is 12.4. The Morgan fingerprint density at radius 2 is 2.08 bits per heavy atom. The highest BCUT2D eigenvalue weighted by molar-refractivity contribution is 7.99. The molecule has 0 saturated heterocycles. The van der Waals surface area contributed by atoms with E-state index in [0.717, 1.165) is 23.1 Å². The first-order valence-electron chi connectivity index (χ1n) is 10.6. The minimum Gasteiger partial charge on any atom is -0.496 e. The number of esters is 1. The van der Waals surface area contributed by atoms with E-state index in [0.29, 0.717) is 39.4 Å². The number of benzene rings is 1. The lowest BCUT2D eigenvalue weighted by molar-refractivity contribution is -0.113. The van der Waals surface area contributed by atoms with Gasteiger partial charge in [0.2, 0.25) is 5.91 Å². The Balaban J connectivity index is 1.84. The Kier molecular flexibility index (Phi) is 9.13. The number of nitrogens with one attached hydrogen (secondary N) is 1. The number of hydrogen-bond donors (Lipinski definition) is 2. The van der Waals surface area contributed by atoms with Gasteiger partial charge in [-0.25, -0.2) is 4.79 Å². The van der Waals surface area contributed by atoms with E-state index in [1.165, 1.54) is 0 Å². The predicted octanol–water partition coefficient (Wildman–Crippen LogP) is 4.17. The molecule has 190 valence electrons. The van der Waals surface area contributed by atoms with Crippen LogP contribution in [0.4, 0.5) is 5.00 Å². The van der Waals surface area contributed by atoms with Crippen molar-refractivity contribution in [2.24, 2.45) is 5.73 Å². The predicted molar refractivity (Wildman–Crippen MR) is 140 cm³/mol. The summed E-state index contributed by atoms with van der Waals surface area (Å²) in [6, 6.07) is 5.16. The quantitative estimate of drug-likeness (QED) is 0.206. The fraction of sp³-hybridized carbons (Fsp3) is 0.261. The number of primary amides is 1. The van der Waals surface area contributed by atoms with E-state index in [9.17, 15) is 14.4 Å². The molecule has 0 aliphatic heterocycles. The van der Waals surface area contributed by atoms with Crippen LogP contribution in [0.25, 0.3) is 11.4 Å². The number of rotatable bonds is 11. The molecule has 0 aliphatic carbocycles. The van der Waals surface area contributed by atoms with Crippen molar-refractivity contribution in [1.29, 1.82) is 0 Å². The van der Waals surface area contributed by atoms with Crippen molar-refractivity contribution in [3.05, 3.63) is 51.9 Å². The molecule has 2 heterocycles. The van der Waals surface area contributed by atoms with Crippen molar-refractivity contribution in [2.45, 2.75) is 25.5 Å². The third-order valence-electron chi connectivity index (χ3n) is 4.87. The summed E-state index contributed by atoms with van der Waals surface area (Å²) < 4.78 is 12.3. The molecular weight excluding hydrogens is 526 g/mol. The van der Waals surface area contributed by atoms with Gasteiger partial charge in [-0.1, -0.05) is 29.4 Å². The van der Waals surface area contributed by atoms with Crippen LogP contribution < -0.4 is 15.8 Å². The second-order valence-corrected chi connectivity index (χ2v) is 9.63. The van der Waals surface area contributed by atoms with E-state index in [1.54, 1.807) is 49.8 Å². The summed E-state index contributed by atoms with van der Waals surface area (Å²) in [5.41, 5.74) is 6.53. The highest BCUT2D eigenvalue weighted by Crippen LogP contribution is 2.35. The number of aromatic nitrogens is 3. The minimum absolute atomic E-state index is 0.0485. The molecule has 0 aliphatic rings. The maximum absolute atomic E-state index is 12.8. The molecule has 13 heteroatoms. The fourth-order valence-corrected chi connectivity index (χ4v) is 5.30. The number of ether oxygens (including phenoxy) is 2. The molecule has 0 unspecified atom stereocenters. The normalized spacial score (nSPS) is 10.7. The molecule has 2 amide bonds. The van der Waals surface area contributed by atoms with Crippen LogP contribution in [0.2, 0.25) is 5.02 Å². The average molecular weight is 550 g/mol. The van der Waals surface area contributed by atoms with Crippen molar-refractivity contribution in [1.82, 2.24) is 14.8 Å². The number of carbonyl (C=O) groups excluding carboxylic acids is 3. The lowest BCUT2D eigenvalue weighted by atomic mass is 10.1. The van der Waals surface area contributed by atoms with Crippen molar-refractivity contribution >= 4 is 57.5 Å². The number of halogens is 1. The first kappa shape index (κ1) is 27.2. The van der Waals surface area contributed by atoms with E-state index >= 15 is 0 Å². The van der Waals surface area contributed by atoms with Gasteiger partial charge in [0.05, 0.1) is 35.5 Å². The largest absolute Gasteiger partial charge is 0.496 e. The van der Waals surface area contributed by atoms with E-state index in [4.69, 9.17) is 26.8 Å². The highest BCUT2D eigenvalue weighted by atomic mass is 35.5. The SMILES string of the molecule is C=CCn1c(SCC(=O)Nc2sc(C(N)=O)c(C)c2C(=O)OCC)nnc1-c1cc(Cl)ccc1OC. The van der Waals surface area contributed by atoms with Crippen LogP contribution in [0, 0.1) is 6.92 Å². The number of thioether (sulfide) groups is 1. The number of amides is 2. The number of anilines is 1. The number of nitrogens with two attached hydrogens (primary N) is 1. The van der Waals surface area contributed by atoms with Gasteiger partial charge in [0.1, 0.15) is 10.8 Å². The van der Waals surface area contributed by atoms with Gasteiger partial charge in [-0.2, -0.15) is 0 Å². The summed E-state index contributed by atoms with van der Waals surface area (Å²) >= 11 is 8.24. The molecule has 0 atom stereocenters. The lowest BCUT2D eigenvalue weighted by Gasteiger charge is -2.11. The monoisotopic (exact) mass is 549 g/mol. The molecule has 3 N–H and O–H groups in total. The molecule has 3 rings (SSSR count). The third kappa shape index (κ3) is 5.89. The Morgan fingerprint density at radius 3 is 2.72 bits per heavy atom. The zero-order chi connectivity index (χ0) is 26.4. The molecule has 10 nitrogen and oxygen atoms in total. The van der Waals surface area contributed by atoms with Gasteiger partial charge in [-0.05, 0) is 37.6 Å². The van der Waals surface area contributed by atoms with Gasteiger partial charge in [0, 0.05) is 11.6 Å². The van der Waals surface area contributed by atoms with Crippen molar-refractivity contribution in [2.75, 3.05) is 24.8 Å².